The van der Waals surface area contributed by atoms with E-state index in [-0.39, 0.29) is 18.6 Å². The summed E-state index contributed by atoms with van der Waals surface area (Å²) in [6.07, 6.45) is 9.89. The summed E-state index contributed by atoms with van der Waals surface area (Å²) in [5.74, 6) is 2.89. The van der Waals surface area contributed by atoms with Gasteiger partial charge in [-0.15, -0.1) is 11.3 Å². The van der Waals surface area contributed by atoms with Gasteiger partial charge in [0.25, 0.3) is 5.56 Å². The molecule has 0 radical (unpaired) electrons. The van der Waals surface area contributed by atoms with E-state index in [2.05, 4.69) is 11.9 Å². The van der Waals surface area contributed by atoms with E-state index in [4.69, 9.17) is 13.9 Å². The van der Waals surface area contributed by atoms with Gasteiger partial charge in [0.2, 0.25) is 11.8 Å². The first-order valence-corrected chi connectivity index (χ1v) is 18.2. The summed E-state index contributed by atoms with van der Waals surface area (Å²) in [6, 6.07) is 7.77. The fourth-order valence-corrected chi connectivity index (χ4v) is 9.88. The Morgan fingerprint density at radius 2 is 1.79 bits per heavy atom. The Bertz CT molecular complexity index is 1900. The highest BCUT2D eigenvalue weighted by molar-refractivity contribution is 7.22. The molecular formula is C37H46N4O6S. The van der Waals surface area contributed by atoms with Crippen molar-refractivity contribution in [3.05, 3.63) is 68.7 Å². The zero-order valence-corrected chi connectivity index (χ0v) is 29.4. The number of hydrogen-bond donors (Lipinski definition) is 0. The molecule has 0 bridgehead atoms. The van der Waals surface area contributed by atoms with Crippen LogP contribution in [0.3, 0.4) is 0 Å². The molecule has 4 aromatic rings. The third-order valence-electron chi connectivity index (χ3n) is 11.0. The maximum absolute atomic E-state index is 14.8. The highest BCUT2D eigenvalue weighted by Crippen LogP contribution is 2.49. The molecule has 1 amide bonds. The first-order valence-electron chi connectivity index (χ1n) is 17.4. The SMILES string of the molecule is COc1ccccc1C(Cn1c(=O)n(C(C)(C)C(=O)N2CCCCC2)c(=O)c2c(C)c(-c3ncco3)sc21)OC1C[C@H]2CC(C)C[C@H]2C1. The third kappa shape index (κ3) is 5.72. The summed E-state index contributed by atoms with van der Waals surface area (Å²) >= 11 is 1.31. The standard InChI is InChI=1S/C37H46N4O6S/c1-22-17-24-19-26(20-25(24)18-22)47-29(27-11-7-8-12-28(27)45-5)21-40-34-30(23(2)31(48-34)32-38-13-16-46-32)33(42)41(36(40)44)37(3,4)35(43)39-14-9-6-10-15-39/h7-8,11-13,16,22,24-26,29H,6,9-10,14-15,17-21H2,1-5H3/t22?,24-,25+,26?,29?. The number of ether oxygens (including phenoxy) is 2. The molecule has 7 rings (SSSR count). The molecular weight excluding hydrogens is 628 g/mol. The van der Waals surface area contributed by atoms with Crippen LogP contribution in [0.25, 0.3) is 21.0 Å². The predicted molar refractivity (Wildman–Crippen MR) is 186 cm³/mol. The molecule has 2 saturated carbocycles. The van der Waals surface area contributed by atoms with E-state index in [0.29, 0.717) is 57.2 Å². The Balaban J connectivity index is 1.38. The van der Waals surface area contributed by atoms with E-state index in [1.807, 2.05) is 31.2 Å². The van der Waals surface area contributed by atoms with Gasteiger partial charge in [0.05, 0.1) is 36.2 Å². The van der Waals surface area contributed by atoms with E-state index in [0.717, 1.165) is 43.6 Å². The van der Waals surface area contributed by atoms with Crippen LogP contribution in [0, 0.1) is 24.7 Å². The Morgan fingerprint density at radius 1 is 1.08 bits per heavy atom. The lowest BCUT2D eigenvalue weighted by Gasteiger charge is -2.35. The molecule has 3 unspecified atom stereocenters. The number of hydrogen-bond acceptors (Lipinski definition) is 8. The number of methoxy groups -OCH3 is 1. The predicted octanol–water partition coefficient (Wildman–Crippen LogP) is 6.53. The fraction of sp³-hybridized carbons (Fsp3) is 0.568. The number of nitrogens with zero attached hydrogens (tertiary/aromatic N) is 4. The number of aromatic nitrogens is 3. The largest absolute Gasteiger partial charge is 0.496 e. The van der Waals surface area contributed by atoms with Crippen molar-refractivity contribution in [2.24, 2.45) is 17.8 Å². The van der Waals surface area contributed by atoms with Crippen LogP contribution in [0.4, 0.5) is 0 Å². The molecule has 1 aromatic carbocycles. The summed E-state index contributed by atoms with van der Waals surface area (Å²) in [7, 11) is 1.64. The van der Waals surface area contributed by atoms with Crippen molar-refractivity contribution in [3.63, 3.8) is 0 Å². The second kappa shape index (κ2) is 13.0. The smallest absolute Gasteiger partial charge is 0.333 e. The summed E-state index contributed by atoms with van der Waals surface area (Å²) in [5.41, 5.74) is -0.935. The van der Waals surface area contributed by atoms with Crippen molar-refractivity contribution in [1.82, 2.24) is 19.0 Å². The van der Waals surface area contributed by atoms with E-state index in [1.54, 1.807) is 36.6 Å². The number of carbonyl (C=O) groups is 1. The molecule has 1 aliphatic heterocycles. The van der Waals surface area contributed by atoms with Gasteiger partial charge < -0.3 is 18.8 Å². The van der Waals surface area contributed by atoms with Crippen LogP contribution in [0.2, 0.25) is 0 Å². The monoisotopic (exact) mass is 674 g/mol. The van der Waals surface area contributed by atoms with Crippen molar-refractivity contribution >= 4 is 27.5 Å². The molecule has 0 N–H and O–H groups in total. The molecule has 3 fully saturated rings. The van der Waals surface area contributed by atoms with E-state index in [9.17, 15) is 14.4 Å². The maximum atomic E-state index is 14.8. The summed E-state index contributed by atoms with van der Waals surface area (Å²) in [5, 5.41) is 0.385. The van der Waals surface area contributed by atoms with Crippen molar-refractivity contribution in [2.45, 2.75) is 96.9 Å². The highest BCUT2D eigenvalue weighted by Gasteiger charge is 2.43. The van der Waals surface area contributed by atoms with Gasteiger partial charge in [-0.25, -0.2) is 14.3 Å². The van der Waals surface area contributed by atoms with Gasteiger partial charge in [-0.1, -0.05) is 25.1 Å². The van der Waals surface area contributed by atoms with Gasteiger partial charge in [0, 0.05) is 18.7 Å². The Kier molecular flexibility index (Phi) is 8.87. The Morgan fingerprint density at radius 3 is 2.46 bits per heavy atom. The van der Waals surface area contributed by atoms with Gasteiger partial charge in [-0.2, -0.15) is 0 Å². The third-order valence-corrected chi connectivity index (χ3v) is 12.3. The number of aryl methyl sites for hydroxylation is 1. The number of oxazole rings is 1. The lowest BCUT2D eigenvalue weighted by Crippen LogP contribution is -2.57. The van der Waals surface area contributed by atoms with Crippen molar-refractivity contribution < 1.29 is 18.7 Å². The van der Waals surface area contributed by atoms with Gasteiger partial charge in [0.15, 0.2) is 0 Å². The molecule has 4 heterocycles. The van der Waals surface area contributed by atoms with Gasteiger partial charge >= 0.3 is 5.69 Å². The quantitative estimate of drug-likeness (QED) is 0.199. The summed E-state index contributed by atoms with van der Waals surface area (Å²) in [4.78, 5) is 50.7. The zero-order chi connectivity index (χ0) is 33.7. The number of thiophene rings is 1. The Labute approximate surface area is 284 Å². The molecule has 5 atom stereocenters. The highest BCUT2D eigenvalue weighted by atomic mass is 32.1. The number of piperidine rings is 1. The number of carbonyl (C=O) groups excluding carboxylic acids is 1. The lowest BCUT2D eigenvalue weighted by atomic mass is 10.00. The second-order valence-corrected chi connectivity index (χ2v) is 15.6. The lowest BCUT2D eigenvalue weighted by molar-refractivity contribution is -0.140. The number of fused-ring (bicyclic) bond motifs is 2. The molecule has 256 valence electrons. The molecule has 10 nitrogen and oxygen atoms in total. The average molecular weight is 675 g/mol. The molecule has 3 aliphatic rings. The topological polar surface area (TPSA) is 109 Å². The molecule has 1 saturated heterocycles. The molecule has 11 heteroatoms. The van der Waals surface area contributed by atoms with Crippen LogP contribution < -0.4 is 16.0 Å². The van der Waals surface area contributed by atoms with Crippen molar-refractivity contribution in [3.8, 4) is 16.5 Å². The molecule has 48 heavy (non-hydrogen) atoms. The van der Waals surface area contributed by atoms with E-state index < -0.39 is 22.9 Å². The summed E-state index contributed by atoms with van der Waals surface area (Å²) in [6.45, 7) is 8.93. The van der Waals surface area contributed by atoms with Crippen LogP contribution in [0.5, 0.6) is 5.75 Å². The Hall–Kier alpha value is -3.70. The van der Waals surface area contributed by atoms with Crippen molar-refractivity contribution in [1.29, 1.82) is 0 Å². The normalized spacial score (nSPS) is 23.5. The molecule has 0 spiro atoms. The van der Waals surface area contributed by atoms with Crippen LogP contribution in [-0.4, -0.2) is 51.2 Å². The number of rotatable bonds is 9. The van der Waals surface area contributed by atoms with Crippen LogP contribution >= 0.6 is 11.3 Å². The van der Waals surface area contributed by atoms with Gasteiger partial charge in [-0.05, 0) is 95.1 Å². The minimum absolute atomic E-state index is 0.0459. The molecule has 3 aromatic heterocycles. The summed E-state index contributed by atoms with van der Waals surface area (Å²) < 4.78 is 21.3. The van der Waals surface area contributed by atoms with Crippen LogP contribution in [0.1, 0.15) is 82.9 Å². The first kappa shape index (κ1) is 32.8. The fourth-order valence-electron chi connectivity index (χ4n) is 8.64. The molecule has 2 aliphatic carbocycles. The van der Waals surface area contributed by atoms with Gasteiger partial charge in [-0.3, -0.25) is 14.2 Å². The number of amides is 1. The zero-order valence-electron chi connectivity index (χ0n) is 28.6. The van der Waals surface area contributed by atoms with Gasteiger partial charge in [0.1, 0.15) is 28.5 Å². The van der Waals surface area contributed by atoms with E-state index >= 15 is 0 Å². The minimum Gasteiger partial charge on any atom is -0.496 e. The number of likely N-dealkylation sites (tertiary alicyclic amines) is 1. The average Bonchev–Trinajstić information content (AvgIpc) is 3.87. The van der Waals surface area contributed by atoms with Crippen LogP contribution in [-0.2, 0) is 21.6 Å². The number of para-hydroxylation sites is 1. The first-order chi connectivity index (χ1) is 23.1. The van der Waals surface area contributed by atoms with E-state index in [1.165, 1.54) is 35.0 Å². The number of benzene rings is 1. The minimum atomic E-state index is -1.42. The van der Waals surface area contributed by atoms with Crippen molar-refractivity contribution in [2.75, 3.05) is 20.2 Å². The maximum Gasteiger partial charge on any atom is 0.333 e. The second-order valence-electron chi connectivity index (χ2n) is 14.6. The van der Waals surface area contributed by atoms with Crippen LogP contribution in [0.15, 0.2) is 50.7 Å².